The third-order valence-electron chi connectivity index (χ3n) is 11.2. The second kappa shape index (κ2) is 49.5. The van der Waals surface area contributed by atoms with Crippen LogP contribution in [0.25, 0.3) is 0 Å². The molecule has 0 radical (unpaired) electrons. The number of rotatable bonds is 51. The maximum Gasteiger partial charge on any atom is 0.325 e. The second-order valence-corrected chi connectivity index (χ2v) is 20.9. The van der Waals surface area contributed by atoms with Crippen LogP contribution in [0.2, 0.25) is 0 Å². The Labute approximate surface area is 386 Å². The van der Waals surface area contributed by atoms with E-state index in [1.807, 2.05) is 35.3 Å². The van der Waals surface area contributed by atoms with Crippen LogP contribution in [0.3, 0.4) is 0 Å². The molecule has 1 aromatic heterocycles. The van der Waals surface area contributed by atoms with Gasteiger partial charge >= 0.3 is 18.0 Å². The number of thioether (sulfide) groups is 3. The summed E-state index contributed by atoms with van der Waals surface area (Å²) in [6, 6.07) is 0.964. The molecule has 0 saturated carbocycles. The molecule has 0 aliphatic heterocycles. The number of aromatic nitrogens is 3. The van der Waals surface area contributed by atoms with Gasteiger partial charge in [-0.1, -0.05) is 213 Å². The Morgan fingerprint density at radius 1 is 0.250 bits per heavy atom. The van der Waals surface area contributed by atoms with Crippen LogP contribution in [0.15, 0.2) is 0 Å². The molecule has 354 valence electrons. The lowest BCUT2D eigenvalue weighted by atomic mass is 10.1. The highest BCUT2D eigenvalue weighted by Gasteiger charge is 2.11. The highest BCUT2D eigenvalue weighted by molar-refractivity contribution is 7.99. The van der Waals surface area contributed by atoms with Gasteiger partial charge in [-0.15, -0.1) is 15.0 Å². The first-order valence-electron chi connectivity index (χ1n) is 26.2. The highest BCUT2D eigenvalue weighted by atomic mass is 32.2. The van der Waals surface area contributed by atoms with Crippen molar-refractivity contribution >= 4 is 35.3 Å². The first-order valence-corrected chi connectivity index (χ1v) is 29.6. The van der Waals surface area contributed by atoms with E-state index in [9.17, 15) is 0 Å². The summed E-state index contributed by atoms with van der Waals surface area (Å²) < 4.78 is 18.1. The van der Waals surface area contributed by atoms with Gasteiger partial charge in [0.25, 0.3) is 0 Å². The van der Waals surface area contributed by atoms with Crippen LogP contribution in [-0.4, -0.2) is 69.3 Å². The standard InChI is InChI=1S/C51H99N3O3S3/c1-4-7-10-13-16-19-22-25-28-31-34-43-58-46-37-40-55-49-52-50(56-41-38-47-59-44-35-32-29-26-23-20-17-14-11-8-5-2)54-51(53-49)57-42-39-48-60-45-36-33-30-27-24-21-18-15-12-9-6-3/h4-48H2,1-3H3. The van der Waals surface area contributed by atoms with Crippen LogP contribution in [0, 0.1) is 0 Å². The van der Waals surface area contributed by atoms with Crippen molar-refractivity contribution in [2.75, 3.05) is 54.3 Å². The fraction of sp³-hybridized carbons (Fsp3) is 0.941. The molecule has 1 rings (SSSR count). The van der Waals surface area contributed by atoms with Gasteiger partial charge in [-0.3, -0.25) is 0 Å². The van der Waals surface area contributed by atoms with Crippen molar-refractivity contribution in [3.8, 4) is 18.0 Å². The second-order valence-electron chi connectivity index (χ2n) is 17.2. The zero-order valence-electron chi connectivity index (χ0n) is 40.1. The predicted octanol–water partition coefficient (Wildman–Crippen LogP) is 17.3. The zero-order valence-corrected chi connectivity index (χ0v) is 42.6. The molecule has 0 saturated heterocycles. The minimum Gasteiger partial charge on any atom is -0.463 e. The number of ether oxygens (including phenoxy) is 3. The first-order chi connectivity index (χ1) is 29.8. The van der Waals surface area contributed by atoms with Crippen LogP contribution in [-0.2, 0) is 0 Å². The largest absolute Gasteiger partial charge is 0.463 e. The van der Waals surface area contributed by atoms with Crippen molar-refractivity contribution in [3.05, 3.63) is 0 Å². The molecule has 0 atom stereocenters. The van der Waals surface area contributed by atoms with Gasteiger partial charge in [0.15, 0.2) is 0 Å². The van der Waals surface area contributed by atoms with E-state index < -0.39 is 0 Å². The molecule has 1 aromatic rings. The van der Waals surface area contributed by atoms with Crippen LogP contribution in [0.1, 0.15) is 252 Å². The summed E-state index contributed by atoms with van der Waals surface area (Å²) in [6.07, 6.45) is 49.1. The monoisotopic (exact) mass is 898 g/mol. The molecule has 6 nitrogen and oxygen atoms in total. The van der Waals surface area contributed by atoms with Gasteiger partial charge in [0.2, 0.25) is 0 Å². The summed E-state index contributed by atoms with van der Waals surface area (Å²) in [4.78, 5) is 13.5. The topological polar surface area (TPSA) is 66.4 Å². The van der Waals surface area contributed by atoms with Crippen LogP contribution >= 0.6 is 35.3 Å². The molecular weight excluding hydrogens is 799 g/mol. The Balaban J connectivity index is 2.26. The highest BCUT2D eigenvalue weighted by Crippen LogP contribution is 2.19. The van der Waals surface area contributed by atoms with E-state index in [2.05, 4.69) is 35.7 Å². The van der Waals surface area contributed by atoms with Crippen molar-refractivity contribution in [2.45, 2.75) is 252 Å². The predicted molar refractivity (Wildman–Crippen MR) is 272 cm³/mol. The van der Waals surface area contributed by atoms with E-state index in [1.165, 1.54) is 229 Å². The third-order valence-corrected chi connectivity index (χ3v) is 14.7. The molecule has 9 heteroatoms. The molecule has 0 aromatic carbocycles. The van der Waals surface area contributed by atoms with Gasteiger partial charge in [0, 0.05) is 0 Å². The molecule has 0 aliphatic rings. The summed E-state index contributed by atoms with van der Waals surface area (Å²) >= 11 is 6.13. The zero-order chi connectivity index (χ0) is 42.9. The molecule has 0 amide bonds. The first kappa shape index (κ1) is 57.5. The minimum absolute atomic E-state index is 0.321. The Morgan fingerprint density at radius 2 is 0.433 bits per heavy atom. The smallest absolute Gasteiger partial charge is 0.325 e. The average molecular weight is 899 g/mol. The quantitative estimate of drug-likeness (QED) is 0.0595. The fourth-order valence-electron chi connectivity index (χ4n) is 7.40. The molecule has 1 heterocycles. The van der Waals surface area contributed by atoms with E-state index in [-0.39, 0.29) is 0 Å². The van der Waals surface area contributed by atoms with E-state index in [0.717, 1.165) is 36.5 Å². The molecule has 0 fully saturated rings. The summed E-state index contributed by atoms with van der Waals surface area (Å²) in [5, 5.41) is 0. The average Bonchev–Trinajstić information content (AvgIpc) is 3.26. The normalized spacial score (nSPS) is 11.4. The van der Waals surface area contributed by atoms with E-state index in [0.29, 0.717) is 37.9 Å². The van der Waals surface area contributed by atoms with Gasteiger partial charge in [-0.05, 0) is 73.0 Å². The van der Waals surface area contributed by atoms with Crippen molar-refractivity contribution < 1.29 is 14.2 Å². The maximum atomic E-state index is 6.02. The number of unbranched alkanes of at least 4 members (excludes halogenated alkanes) is 30. The fourth-order valence-corrected chi connectivity index (χ4v) is 10.2. The van der Waals surface area contributed by atoms with Crippen LogP contribution in [0.4, 0.5) is 0 Å². The van der Waals surface area contributed by atoms with Crippen molar-refractivity contribution in [1.29, 1.82) is 0 Å². The van der Waals surface area contributed by atoms with Gasteiger partial charge in [0.05, 0.1) is 19.8 Å². The molecule has 0 aliphatic carbocycles. The van der Waals surface area contributed by atoms with Gasteiger partial charge < -0.3 is 14.2 Å². The maximum absolute atomic E-state index is 6.02. The molecule has 0 unspecified atom stereocenters. The SMILES string of the molecule is CCCCCCCCCCCCCSCCCOc1nc(OCCCSCCCCCCCCCCCCC)nc(OCCCSCCCCCCCCCCCCC)n1. The van der Waals surface area contributed by atoms with Crippen LogP contribution < -0.4 is 14.2 Å². The molecular formula is C51H99N3O3S3. The summed E-state index contributed by atoms with van der Waals surface area (Å²) in [6.45, 7) is 8.67. The molecule has 0 N–H and O–H groups in total. The number of hydrogen-bond donors (Lipinski definition) is 0. The van der Waals surface area contributed by atoms with E-state index in [1.54, 1.807) is 0 Å². The van der Waals surface area contributed by atoms with Gasteiger partial charge in [-0.2, -0.15) is 35.3 Å². The summed E-state index contributed by atoms with van der Waals surface area (Å²) in [5.41, 5.74) is 0. The lowest BCUT2D eigenvalue weighted by molar-refractivity contribution is 0.236. The minimum atomic E-state index is 0.321. The lowest BCUT2D eigenvalue weighted by Crippen LogP contribution is -2.10. The van der Waals surface area contributed by atoms with Gasteiger partial charge in [-0.25, -0.2) is 0 Å². The molecule has 60 heavy (non-hydrogen) atoms. The van der Waals surface area contributed by atoms with Crippen LogP contribution in [0.5, 0.6) is 18.0 Å². The summed E-state index contributed by atoms with van der Waals surface area (Å²) in [7, 11) is 0. The molecule has 0 spiro atoms. The van der Waals surface area contributed by atoms with Crippen molar-refractivity contribution in [2.24, 2.45) is 0 Å². The van der Waals surface area contributed by atoms with E-state index in [4.69, 9.17) is 14.2 Å². The Morgan fingerprint density at radius 3 is 0.650 bits per heavy atom. The number of nitrogens with zero attached hydrogens (tertiary/aromatic N) is 3. The van der Waals surface area contributed by atoms with Crippen molar-refractivity contribution in [3.63, 3.8) is 0 Å². The lowest BCUT2D eigenvalue weighted by Gasteiger charge is -2.10. The van der Waals surface area contributed by atoms with Crippen molar-refractivity contribution in [1.82, 2.24) is 15.0 Å². The van der Waals surface area contributed by atoms with E-state index >= 15 is 0 Å². The summed E-state index contributed by atoms with van der Waals surface area (Å²) in [5.74, 6) is 7.03. The Hall–Kier alpha value is -0.540. The van der Waals surface area contributed by atoms with Gasteiger partial charge in [0.1, 0.15) is 0 Å². The number of hydrogen-bond acceptors (Lipinski definition) is 9. The Kier molecular flexibility index (Phi) is 47.4. The third kappa shape index (κ3) is 42.7. The molecule has 0 bridgehead atoms. The Bertz CT molecular complexity index is 848.